The minimum absolute atomic E-state index is 0.381. The summed E-state index contributed by atoms with van der Waals surface area (Å²) < 4.78 is 5.88. The summed E-state index contributed by atoms with van der Waals surface area (Å²) in [5, 5.41) is 9.45. The maximum Gasteiger partial charge on any atom is 0.0813 e. The SMILES string of the molecule is COCC(O)Cc1cccc(Br)c1. The third-order valence-electron chi connectivity index (χ3n) is 1.72. The van der Waals surface area contributed by atoms with Crippen LogP contribution in [0.5, 0.6) is 0 Å². The number of hydrogen-bond donors (Lipinski definition) is 1. The summed E-state index contributed by atoms with van der Waals surface area (Å²) >= 11 is 3.38. The van der Waals surface area contributed by atoms with Crippen molar-refractivity contribution in [3.05, 3.63) is 34.3 Å². The second kappa shape index (κ2) is 5.37. The highest BCUT2D eigenvalue weighted by Gasteiger charge is 2.04. The van der Waals surface area contributed by atoms with Gasteiger partial charge in [0.1, 0.15) is 0 Å². The first-order chi connectivity index (χ1) is 6.22. The molecule has 0 amide bonds. The molecule has 1 aromatic carbocycles. The quantitative estimate of drug-likeness (QED) is 0.879. The summed E-state index contributed by atoms with van der Waals surface area (Å²) in [5.74, 6) is 0. The molecular formula is C10H13BrO2. The molecule has 0 aromatic heterocycles. The van der Waals surface area contributed by atoms with Crippen LogP contribution in [0, 0.1) is 0 Å². The number of rotatable bonds is 4. The van der Waals surface area contributed by atoms with Gasteiger partial charge >= 0.3 is 0 Å². The number of halogens is 1. The number of aliphatic hydroxyl groups excluding tert-OH is 1. The number of ether oxygens (including phenoxy) is 1. The van der Waals surface area contributed by atoms with E-state index in [1.54, 1.807) is 7.11 Å². The zero-order valence-electron chi connectivity index (χ0n) is 7.53. The molecule has 1 atom stereocenters. The maximum absolute atomic E-state index is 9.45. The van der Waals surface area contributed by atoms with Crippen LogP contribution in [-0.2, 0) is 11.2 Å². The fraction of sp³-hybridized carbons (Fsp3) is 0.400. The Bertz CT molecular complexity index is 263. The van der Waals surface area contributed by atoms with Crippen LogP contribution in [0.4, 0.5) is 0 Å². The second-order valence-corrected chi connectivity index (χ2v) is 3.86. The van der Waals surface area contributed by atoms with E-state index in [1.165, 1.54) is 0 Å². The summed E-state index contributed by atoms with van der Waals surface area (Å²) in [6.45, 7) is 0.381. The Hall–Kier alpha value is -0.380. The van der Waals surface area contributed by atoms with Crippen LogP contribution in [0.2, 0.25) is 0 Å². The number of methoxy groups -OCH3 is 1. The first kappa shape index (κ1) is 10.7. The van der Waals surface area contributed by atoms with Crippen molar-refractivity contribution < 1.29 is 9.84 Å². The van der Waals surface area contributed by atoms with Gasteiger partial charge in [0.25, 0.3) is 0 Å². The molecule has 3 heteroatoms. The summed E-state index contributed by atoms with van der Waals surface area (Å²) in [6.07, 6.45) is 0.215. The molecule has 0 radical (unpaired) electrons. The van der Waals surface area contributed by atoms with Crippen LogP contribution in [-0.4, -0.2) is 24.9 Å². The summed E-state index contributed by atoms with van der Waals surface area (Å²) in [4.78, 5) is 0. The van der Waals surface area contributed by atoms with Gasteiger partial charge in [0.05, 0.1) is 12.7 Å². The molecule has 0 aliphatic rings. The van der Waals surface area contributed by atoms with Gasteiger partial charge in [-0.25, -0.2) is 0 Å². The molecule has 2 nitrogen and oxygen atoms in total. The lowest BCUT2D eigenvalue weighted by atomic mass is 10.1. The average molecular weight is 245 g/mol. The summed E-state index contributed by atoms with van der Waals surface area (Å²) in [7, 11) is 1.59. The van der Waals surface area contributed by atoms with Crippen molar-refractivity contribution in [2.24, 2.45) is 0 Å². The van der Waals surface area contributed by atoms with E-state index < -0.39 is 6.10 Å². The largest absolute Gasteiger partial charge is 0.390 e. The lowest BCUT2D eigenvalue weighted by molar-refractivity contribution is 0.0650. The molecule has 0 aliphatic carbocycles. The van der Waals surface area contributed by atoms with Gasteiger partial charge in [-0.05, 0) is 17.7 Å². The molecule has 0 saturated carbocycles. The predicted octanol–water partition coefficient (Wildman–Crippen LogP) is 2.00. The van der Waals surface area contributed by atoms with Gasteiger partial charge < -0.3 is 9.84 Å². The van der Waals surface area contributed by atoms with Crippen molar-refractivity contribution in [1.29, 1.82) is 0 Å². The maximum atomic E-state index is 9.45. The highest BCUT2D eigenvalue weighted by Crippen LogP contribution is 2.13. The molecule has 72 valence electrons. The normalized spacial score (nSPS) is 12.8. The standard InChI is InChI=1S/C10H13BrO2/c1-13-7-10(12)6-8-3-2-4-9(11)5-8/h2-5,10,12H,6-7H2,1H3. The van der Waals surface area contributed by atoms with Gasteiger partial charge in [-0.1, -0.05) is 28.1 Å². The second-order valence-electron chi connectivity index (χ2n) is 2.94. The molecule has 0 saturated heterocycles. The molecule has 0 heterocycles. The molecule has 13 heavy (non-hydrogen) atoms. The molecule has 0 bridgehead atoms. The Morgan fingerprint density at radius 3 is 2.92 bits per heavy atom. The molecule has 0 aliphatic heterocycles. The van der Waals surface area contributed by atoms with Crippen molar-refractivity contribution >= 4 is 15.9 Å². The molecule has 0 spiro atoms. The first-order valence-corrected chi connectivity index (χ1v) is 4.93. The van der Waals surface area contributed by atoms with Gasteiger partial charge in [0.2, 0.25) is 0 Å². The minimum Gasteiger partial charge on any atom is -0.390 e. The molecule has 1 aromatic rings. The molecule has 0 fully saturated rings. The van der Waals surface area contributed by atoms with E-state index in [4.69, 9.17) is 4.74 Å². The van der Waals surface area contributed by atoms with Crippen molar-refractivity contribution in [3.8, 4) is 0 Å². The van der Waals surface area contributed by atoms with Crippen molar-refractivity contribution in [3.63, 3.8) is 0 Å². The van der Waals surface area contributed by atoms with Gasteiger partial charge in [0.15, 0.2) is 0 Å². The fourth-order valence-electron chi connectivity index (χ4n) is 1.19. The van der Waals surface area contributed by atoms with E-state index in [2.05, 4.69) is 15.9 Å². The zero-order valence-corrected chi connectivity index (χ0v) is 9.12. The minimum atomic E-state index is -0.417. The van der Waals surface area contributed by atoms with E-state index >= 15 is 0 Å². The number of aliphatic hydroxyl groups is 1. The molecular weight excluding hydrogens is 232 g/mol. The van der Waals surface area contributed by atoms with E-state index in [0.717, 1.165) is 10.0 Å². The van der Waals surface area contributed by atoms with Crippen molar-refractivity contribution in [2.75, 3.05) is 13.7 Å². The van der Waals surface area contributed by atoms with Crippen LogP contribution in [0.3, 0.4) is 0 Å². The lowest BCUT2D eigenvalue weighted by Crippen LogP contribution is -2.16. The number of hydrogen-bond acceptors (Lipinski definition) is 2. The van der Waals surface area contributed by atoms with E-state index in [0.29, 0.717) is 13.0 Å². The van der Waals surface area contributed by atoms with Crippen LogP contribution >= 0.6 is 15.9 Å². The van der Waals surface area contributed by atoms with Gasteiger partial charge in [-0.3, -0.25) is 0 Å². The third kappa shape index (κ3) is 3.89. The fourth-order valence-corrected chi connectivity index (χ4v) is 1.63. The highest BCUT2D eigenvalue weighted by molar-refractivity contribution is 9.10. The Kier molecular flexibility index (Phi) is 4.42. The monoisotopic (exact) mass is 244 g/mol. The van der Waals surface area contributed by atoms with E-state index in [9.17, 15) is 5.11 Å². The van der Waals surface area contributed by atoms with Crippen LogP contribution in [0.25, 0.3) is 0 Å². The van der Waals surface area contributed by atoms with Gasteiger partial charge in [-0.15, -0.1) is 0 Å². The van der Waals surface area contributed by atoms with E-state index in [1.807, 2.05) is 24.3 Å². The highest BCUT2D eigenvalue weighted by atomic mass is 79.9. The first-order valence-electron chi connectivity index (χ1n) is 4.14. The summed E-state index contributed by atoms with van der Waals surface area (Å²) in [5.41, 5.74) is 1.11. The third-order valence-corrected chi connectivity index (χ3v) is 2.21. The van der Waals surface area contributed by atoms with Crippen LogP contribution in [0.15, 0.2) is 28.7 Å². The topological polar surface area (TPSA) is 29.5 Å². The summed E-state index contributed by atoms with van der Waals surface area (Å²) in [6, 6.07) is 7.91. The Labute approximate surface area is 86.7 Å². The predicted molar refractivity (Wildman–Crippen MR) is 55.7 cm³/mol. The Balaban J connectivity index is 2.53. The Morgan fingerprint density at radius 2 is 2.31 bits per heavy atom. The smallest absolute Gasteiger partial charge is 0.0813 e. The van der Waals surface area contributed by atoms with E-state index in [-0.39, 0.29) is 0 Å². The average Bonchev–Trinajstić information content (AvgIpc) is 2.04. The van der Waals surface area contributed by atoms with Crippen LogP contribution in [0.1, 0.15) is 5.56 Å². The molecule has 1 N–H and O–H groups in total. The lowest BCUT2D eigenvalue weighted by Gasteiger charge is -2.09. The zero-order chi connectivity index (χ0) is 9.68. The number of benzene rings is 1. The molecule has 1 unspecified atom stereocenters. The van der Waals surface area contributed by atoms with Crippen molar-refractivity contribution in [1.82, 2.24) is 0 Å². The molecule has 1 rings (SSSR count). The van der Waals surface area contributed by atoms with Crippen molar-refractivity contribution in [2.45, 2.75) is 12.5 Å². The Morgan fingerprint density at radius 1 is 1.54 bits per heavy atom. The van der Waals surface area contributed by atoms with Crippen LogP contribution < -0.4 is 0 Å². The van der Waals surface area contributed by atoms with Gasteiger partial charge in [-0.2, -0.15) is 0 Å². The van der Waals surface area contributed by atoms with Gasteiger partial charge in [0, 0.05) is 18.0 Å².